The zero-order chi connectivity index (χ0) is 15.6. The van der Waals surface area contributed by atoms with Gasteiger partial charge in [-0.15, -0.1) is 0 Å². The zero-order valence-electron chi connectivity index (χ0n) is 12.0. The lowest BCUT2D eigenvalue weighted by atomic mass is 10.1. The quantitative estimate of drug-likeness (QED) is 0.789. The molecule has 0 aromatic heterocycles. The Morgan fingerprint density at radius 2 is 2.10 bits per heavy atom. The van der Waals surface area contributed by atoms with E-state index in [9.17, 15) is 13.2 Å². The van der Waals surface area contributed by atoms with Crippen molar-refractivity contribution in [3.05, 3.63) is 35.4 Å². The molecule has 1 aromatic rings. The van der Waals surface area contributed by atoms with Crippen molar-refractivity contribution in [2.75, 3.05) is 0 Å². The maximum absolute atomic E-state index is 12.4. The summed E-state index contributed by atoms with van der Waals surface area (Å²) in [5, 5.41) is 8.63. The minimum atomic E-state index is -3.59. The fourth-order valence-electron chi connectivity index (χ4n) is 2.18. The molecule has 2 rings (SSSR count). The second-order valence-electron chi connectivity index (χ2n) is 5.44. The second-order valence-corrected chi connectivity index (χ2v) is 7.13. The van der Waals surface area contributed by atoms with Crippen LogP contribution in [0.4, 0.5) is 0 Å². The van der Waals surface area contributed by atoms with Crippen molar-refractivity contribution < 1.29 is 18.3 Å². The van der Waals surface area contributed by atoms with Crippen LogP contribution in [0, 0.1) is 12.8 Å². The monoisotopic (exact) mass is 309 g/mol. The third-order valence-corrected chi connectivity index (χ3v) is 5.29. The summed E-state index contributed by atoms with van der Waals surface area (Å²) in [6.45, 7) is 3.60. The third-order valence-electron chi connectivity index (χ3n) is 3.59. The summed E-state index contributed by atoms with van der Waals surface area (Å²) < 4.78 is 27.6. The molecule has 1 atom stereocenters. The van der Waals surface area contributed by atoms with Crippen molar-refractivity contribution in [1.82, 2.24) is 4.72 Å². The van der Waals surface area contributed by atoms with E-state index in [0.717, 1.165) is 18.9 Å². The number of nitrogens with one attached hydrogen (secondary N) is 1. The maximum atomic E-state index is 12.4. The van der Waals surface area contributed by atoms with Crippen LogP contribution in [-0.2, 0) is 14.8 Å². The van der Waals surface area contributed by atoms with Crippen LogP contribution in [0.3, 0.4) is 0 Å². The minimum absolute atomic E-state index is 0.0763. The molecular formula is C15H19NO4S. The van der Waals surface area contributed by atoms with Crippen molar-refractivity contribution in [2.45, 2.75) is 37.6 Å². The van der Waals surface area contributed by atoms with Crippen LogP contribution in [0.1, 0.15) is 30.9 Å². The average Bonchev–Trinajstić information content (AvgIpc) is 3.21. The van der Waals surface area contributed by atoms with Crippen LogP contribution >= 0.6 is 0 Å². The summed E-state index contributed by atoms with van der Waals surface area (Å²) in [6, 6.07) is 4.79. The zero-order valence-corrected chi connectivity index (χ0v) is 12.9. The molecule has 1 fully saturated rings. The van der Waals surface area contributed by atoms with E-state index in [1.165, 1.54) is 12.1 Å². The lowest BCUT2D eigenvalue weighted by molar-refractivity contribution is -0.131. The Morgan fingerprint density at radius 1 is 1.43 bits per heavy atom. The van der Waals surface area contributed by atoms with Gasteiger partial charge in [-0.25, -0.2) is 17.9 Å². The van der Waals surface area contributed by atoms with Gasteiger partial charge in [0.2, 0.25) is 10.0 Å². The summed E-state index contributed by atoms with van der Waals surface area (Å²) in [4.78, 5) is 10.7. The van der Waals surface area contributed by atoms with Gasteiger partial charge in [-0.05, 0) is 55.9 Å². The van der Waals surface area contributed by atoms with Gasteiger partial charge in [-0.1, -0.05) is 12.1 Å². The maximum Gasteiger partial charge on any atom is 0.328 e. The Balaban J connectivity index is 2.28. The van der Waals surface area contributed by atoms with Gasteiger partial charge in [0.15, 0.2) is 0 Å². The SMILES string of the molecule is Cc1ccc(C=CC(=O)O)cc1S(=O)(=O)NC(C)C1CC1. The molecule has 1 unspecified atom stereocenters. The fourth-order valence-corrected chi connectivity index (χ4v) is 3.77. The molecule has 114 valence electrons. The molecule has 0 aliphatic heterocycles. The summed E-state index contributed by atoms with van der Waals surface area (Å²) in [7, 11) is -3.59. The molecule has 2 N–H and O–H groups in total. The number of aliphatic carboxylic acids is 1. The number of benzene rings is 1. The van der Waals surface area contributed by atoms with Gasteiger partial charge in [0, 0.05) is 12.1 Å². The molecule has 5 nitrogen and oxygen atoms in total. The van der Waals surface area contributed by atoms with Crippen LogP contribution < -0.4 is 4.72 Å². The summed E-state index contributed by atoms with van der Waals surface area (Å²) in [5.74, 6) is -0.643. The van der Waals surface area contributed by atoms with Crippen molar-refractivity contribution in [3.8, 4) is 0 Å². The molecule has 0 amide bonds. The van der Waals surface area contributed by atoms with E-state index in [-0.39, 0.29) is 10.9 Å². The molecule has 0 spiro atoms. The van der Waals surface area contributed by atoms with Crippen molar-refractivity contribution in [3.63, 3.8) is 0 Å². The van der Waals surface area contributed by atoms with E-state index < -0.39 is 16.0 Å². The number of sulfonamides is 1. The van der Waals surface area contributed by atoms with Crippen LogP contribution in [0.15, 0.2) is 29.2 Å². The first-order valence-electron chi connectivity index (χ1n) is 6.83. The van der Waals surface area contributed by atoms with Gasteiger partial charge >= 0.3 is 5.97 Å². The van der Waals surface area contributed by atoms with E-state index in [1.807, 2.05) is 6.92 Å². The molecule has 1 aliphatic carbocycles. The van der Waals surface area contributed by atoms with Crippen molar-refractivity contribution in [1.29, 1.82) is 0 Å². The molecule has 1 aliphatic rings. The van der Waals surface area contributed by atoms with Gasteiger partial charge in [0.05, 0.1) is 4.90 Å². The van der Waals surface area contributed by atoms with E-state index in [2.05, 4.69) is 4.72 Å². The average molecular weight is 309 g/mol. The molecule has 0 heterocycles. The first-order valence-corrected chi connectivity index (χ1v) is 8.32. The number of carboxylic acids is 1. The largest absolute Gasteiger partial charge is 0.478 e. The van der Waals surface area contributed by atoms with Gasteiger partial charge in [0.25, 0.3) is 0 Å². The smallest absolute Gasteiger partial charge is 0.328 e. The molecule has 0 saturated heterocycles. The van der Waals surface area contributed by atoms with Crippen molar-refractivity contribution in [2.24, 2.45) is 5.92 Å². The number of carboxylic acid groups (broad SMARTS) is 1. The van der Waals surface area contributed by atoms with Crippen LogP contribution in [0.25, 0.3) is 6.08 Å². The van der Waals surface area contributed by atoms with E-state index >= 15 is 0 Å². The molecule has 1 aromatic carbocycles. The highest BCUT2D eigenvalue weighted by Crippen LogP contribution is 2.33. The highest BCUT2D eigenvalue weighted by Gasteiger charge is 2.31. The third kappa shape index (κ3) is 4.15. The lowest BCUT2D eigenvalue weighted by Crippen LogP contribution is -2.34. The highest BCUT2D eigenvalue weighted by atomic mass is 32.2. The van der Waals surface area contributed by atoms with Crippen LogP contribution in [-0.4, -0.2) is 25.5 Å². The molecule has 21 heavy (non-hydrogen) atoms. The van der Waals surface area contributed by atoms with E-state index in [1.54, 1.807) is 19.1 Å². The Hall–Kier alpha value is -1.66. The molecule has 1 saturated carbocycles. The highest BCUT2D eigenvalue weighted by molar-refractivity contribution is 7.89. The number of carbonyl (C=O) groups is 1. The fraction of sp³-hybridized carbons (Fsp3) is 0.400. The summed E-state index contributed by atoms with van der Waals surface area (Å²) in [6.07, 6.45) is 4.49. The normalized spacial score (nSPS) is 17.0. The molecular weight excluding hydrogens is 290 g/mol. The van der Waals surface area contributed by atoms with Gasteiger partial charge < -0.3 is 5.11 Å². The second kappa shape index (κ2) is 5.99. The van der Waals surface area contributed by atoms with Crippen LogP contribution in [0.2, 0.25) is 0 Å². The first kappa shape index (κ1) is 15.7. The number of hydrogen-bond acceptors (Lipinski definition) is 3. The molecule has 0 bridgehead atoms. The van der Waals surface area contributed by atoms with Gasteiger partial charge in [0.1, 0.15) is 0 Å². The predicted molar refractivity (Wildman–Crippen MR) is 80.4 cm³/mol. The molecule has 0 radical (unpaired) electrons. The van der Waals surface area contributed by atoms with E-state index in [4.69, 9.17) is 5.11 Å². The minimum Gasteiger partial charge on any atom is -0.478 e. The number of hydrogen-bond donors (Lipinski definition) is 2. The Bertz CT molecular complexity index is 675. The first-order chi connectivity index (χ1) is 9.79. The summed E-state index contributed by atoms with van der Waals surface area (Å²) >= 11 is 0. The molecule has 6 heteroatoms. The van der Waals surface area contributed by atoms with Gasteiger partial charge in [-0.3, -0.25) is 0 Å². The lowest BCUT2D eigenvalue weighted by Gasteiger charge is -2.15. The van der Waals surface area contributed by atoms with E-state index in [0.29, 0.717) is 17.0 Å². The summed E-state index contributed by atoms with van der Waals surface area (Å²) in [5.41, 5.74) is 1.18. The Labute approximate surface area is 124 Å². The topological polar surface area (TPSA) is 83.5 Å². The Morgan fingerprint density at radius 3 is 2.67 bits per heavy atom. The number of aryl methyl sites for hydroxylation is 1. The Kier molecular flexibility index (Phi) is 4.49. The predicted octanol–water partition coefficient (Wildman–Crippen LogP) is 2.17. The number of rotatable bonds is 6. The van der Waals surface area contributed by atoms with Crippen molar-refractivity contribution >= 4 is 22.1 Å². The van der Waals surface area contributed by atoms with Crippen LogP contribution in [0.5, 0.6) is 0 Å². The van der Waals surface area contributed by atoms with Gasteiger partial charge in [-0.2, -0.15) is 0 Å². The standard InChI is InChI=1S/C15H19NO4S/c1-10-3-4-12(5-8-15(17)18)9-14(10)21(19,20)16-11(2)13-6-7-13/h3-5,8-9,11,13,16H,6-7H2,1-2H3,(H,17,18).